The summed E-state index contributed by atoms with van der Waals surface area (Å²) in [6.45, 7) is 11.5. The molecule has 0 bridgehead atoms. The van der Waals surface area contributed by atoms with E-state index < -0.39 is 35.9 Å². The SMILES string of the molecule is CCN(CC)c1ccc(C(c2ccc(N(CC)CC)cc2)c2cc(S(=O)(=O)O)ccc2S(=O)(=O)O)cc1.[NaH]. The summed E-state index contributed by atoms with van der Waals surface area (Å²) >= 11 is 0. The van der Waals surface area contributed by atoms with Gasteiger partial charge in [-0.2, -0.15) is 16.8 Å². The third-order valence-electron chi connectivity index (χ3n) is 6.58. The standard InChI is InChI=1S/C27H34N2O6S2.Na.H/c1-5-28(6-2)22-13-9-20(10-14-22)27(21-11-15-23(16-12-21)29(7-3)8-4)25-19-24(36(30,31)32)17-18-26(25)37(33,34)35;;/h9-19,27H,5-8H2,1-4H3,(H,30,31,32)(H,33,34,35);;. The summed E-state index contributed by atoms with van der Waals surface area (Å²) in [5.41, 5.74) is 3.42. The van der Waals surface area contributed by atoms with Crippen LogP contribution in [0.15, 0.2) is 76.5 Å². The Morgan fingerprint density at radius 1 is 0.632 bits per heavy atom. The topological polar surface area (TPSA) is 115 Å². The van der Waals surface area contributed by atoms with Crippen LogP contribution in [0.3, 0.4) is 0 Å². The van der Waals surface area contributed by atoms with Crippen LogP contribution in [-0.2, 0) is 20.2 Å². The van der Waals surface area contributed by atoms with E-state index in [2.05, 4.69) is 37.5 Å². The summed E-state index contributed by atoms with van der Waals surface area (Å²) in [7, 11) is -9.33. The molecule has 0 aromatic heterocycles. The molecule has 0 aliphatic carbocycles. The molecule has 0 amide bonds. The number of anilines is 2. The molecule has 11 heteroatoms. The Hall–Kier alpha value is -1.92. The Morgan fingerprint density at radius 2 is 1.03 bits per heavy atom. The van der Waals surface area contributed by atoms with Crippen molar-refractivity contribution >= 4 is 61.2 Å². The van der Waals surface area contributed by atoms with Crippen LogP contribution in [0.5, 0.6) is 0 Å². The van der Waals surface area contributed by atoms with E-state index in [4.69, 9.17) is 0 Å². The van der Waals surface area contributed by atoms with Gasteiger partial charge in [0, 0.05) is 43.5 Å². The molecule has 0 heterocycles. The molecule has 202 valence electrons. The van der Waals surface area contributed by atoms with Gasteiger partial charge in [-0.1, -0.05) is 24.3 Å². The van der Waals surface area contributed by atoms with Crippen LogP contribution < -0.4 is 9.80 Å². The second-order valence-corrected chi connectivity index (χ2v) is 11.4. The molecule has 0 fully saturated rings. The third kappa shape index (κ3) is 7.38. The van der Waals surface area contributed by atoms with Gasteiger partial charge >= 0.3 is 29.6 Å². The average Bonchev–Trinajstić information content (AvgIpc) is 2.86. The van der Waals surface area contributed by atoms with Crippen LogP contribution >= 0.6 is 0 Å². The first kappa shape index (κ1) is 32.3. The summed E-state index contributed by atoms with van der Waals surface area (Å²) in [6.07, 6.45) is 0. The Labute approximate surface area is 248 Å². The maximum atomic E-state index is 12.4. The van der Waals surface area contributed by atoms with Crippen molar-refractivity contribution < 1.29 is 25.9 Å². The predicted molar refractivity (Wildman–Crippen MR) is 154 cm³/mol. The van der Waals surface area contributed by atoms with Crippen molar-refractivity contribution in [3.63, 3.8) is 0 Å². The van der Waals surface area contributed by atoms with Crippen molar-refractivity contribution in [1.82, 2.24) is 0 Å². The normalized spacial score (nSPS) is 11.8. The molecule has 0 unspecified atom stereocenters. The summed E-state index contributed by atoms with van der Waals surface area (Å²) in [6, 6.07) is 18.3. The molecule has 3 aromatic rings. The van der Waals surface area contributed by atoms with Crippen LogP contribution in [0, 0.1) is 0 Å². The Kier molecular flexibility index (Phi) is 11.4. The minimum absolute atomic E-state index is 0. The second-order valence-electron chi connectivity index (χ2n) is 8.61. The summed E-state index contributed by atoms with van der Waals surface area (Å²) < 4.78 is 68.3. The number of rotatable bonds is 11. The van der Waals surface area contributed by atoms with Crippen molar-refractivity contribution in [2.24, 2.45) is 0 Å². The minimum atomic E-state index is -4.71. The van der Waals surface area contributed by atoms with E-state index >= 15 is 0 Å². The molecule has 0 aliphatic heterocycles. The molecule has 0 spiro atoms. The molecule has 3 aromatic carbocycles. The van der Waals surface area contributed by atoms with Gasteiger partial charge in [-0.15, -0.1) is 0 Å². The number of hydrogen-bond acceptors (Lipinski definition) is 6. The van der Waals surface area contributed by atoms with Crippen molar-refractivity contribution in [1.29, 1.82) is 0 Å². The van der Waals surface area contributed by atoms with E-state index in [1.54, 1.807) is 0 Å². The van der Waals surface area contributed by atoms with Gasteiger partial charge in [0.1, 0.15) is 0 Å². The van der Waals surface area contributed by atoms with Crippen LogP contribution in [-0.4, -0.2) is 81.7 Å². The molecule has 0 aliphatic rings. The van der Waals surface area contributed by atoms with Crippen molar-refractivity contribution in [2.45, 2.75) is 43.4 Å². The Bertz CT molecular complexity index is 1360. The average molecular weight is 571 g/mol. The van der Waals surface area contributed by atoms with Crippen LogP contribution in [0.25, 0.3) is 0 Å². The number of hydrogen-bond donors (Lipinski definition) is 2. The molecular formula is C27H35N2NaO6S2. The van der Waals surface area contributed by atoms with Gasteiger partial charge < -0.3 is 9.80 Å². The quantitative estimate of drug-likeness (QED) is 0.198. The summed E-state index contributed by atoms with van der Waals surface area (Å²) in [5, 5.41) is 0. The van der Waals surface area contributed by atoms with Gasteiger partial charge in [0.05, 0.1) is 9.79 Å². The van der Waals surface area contributed by atoms with E-state index in [0.29, 0.717) is 11.1 Å². The molecule has 3 rings (SSSR count). The molecule has 8 nitrogen and oxygen atoms in total. The molecule has 0 atom stereocenters. The number of nitrogens with zero attached hydrogens (tertiary/aromatic N) is 2. The molecule has 0 radical (unpaired) electrons. The Balaban J connectivity index is 0.00000507. The van der Waals surface area contributed by atoms with Gasteiger partial charge in [0.25, 0.3) is 20.2 Å². The van der Waals surface area contributed by atoms with Gasteiger partial charge in [0.15, 0.2) is 0 Å². The van der Waals surface area contributed by atoms with E-state index in [1.807, 2.05) is 48.5 Å². The van der Waals surface area contributed by atoms with Crippen LogP contribution in [0.2, 0.25) is 0 Å². The number of benzene rings is 3. The molecule has 0 saturated carbocycles. The van der Waals surface area contributed by atoms with Crippen LogP contribution in [0.1, 0.15) is 50.3 Å². The van der Waals surface area contributed by atoms with Gasteiger partial charge in [-0.25, -0.2) is 0 Å². The van der Waals surface area contributed by atoms with Crippen molar-refractivity contribution in [3.8, 4) is 0 Å². The van der Waals surface area contributed by atoms with Gasteiger partial charge in [-0.3, -0.25) is 9.11 Å². The van der Waals surface area contributed by atoms with E-state index in [-0.39, 0.29) is 35.1 Å². The summed E-state index contributed by atoms with van der Waals surface area (Å²) in [5.74, 6) is -0.741. The zero-order valence-electron chi connectivity index (χ0n) is 21.5. The predicted octanol–water partition coefficient (Wildman–Crippen LogP) is 4.40. The first-order chi connectivity index (χ1) is 17.4. The fourth-order valence-corrected chi connectivity index (χ4v) is 5.86. The van der Waals surface area contributed by atoms with Gasteiger partial charge in [0.2, 0.25) is 0 Å². The van der Waals surface area contributed by atoms with E-state index in [1.165, 1.54) is 0 Å². The fourth-order valence-electron chi connectivity index (χ4n) is 4.63. The van der Waals surface area contributed by atoms with Crippen molar-refractivity contribution in [2.75, 3.05) is 36.0 Å². The zero-order chi connectivity index (χ0) is 27.4. The molecular weight excluding hydrogens is 535 g/mol. The Morgan fingerprint density at radius 3 is 1.34 bits per heavy atom. The van der Waals surface area contributed by atoms with E-state index in [0.717, 1.165) is 55.8 Å². The van der Waals surface area contributed by atoms with Crippen LogP contribution in [0.4, 0.5) is 11.4 Å². The van der Waals surface area contributed by atoms with Gasteiger partial charge in [-0.05, 0) is 86.8 Å². The van der Waals surface area contributed by atoms with E-state index in [9.17, 15) is 25.9 Å². The molecule has 38 heavy (non-hydrogen) atoms. The maximum absolute atomic E-state index is 12.4. The first-order valence-corrected chi connectivity index (χ1v) is 15.1. The monoisotopic (exact) mass is 570 g/mol. The molecule has 0 saturated heterocycles. The molecule has 2 N–H and O–H groups in total. The third-order valence-corrected chi connectivity index (χ3v) is 8.36. The summed E-state index contributed by atoms with van der Waals surface area (Å²) in [4.78, 5) is 3.45. The fraction of sp³-hybridized carbons (Fsp3) is 0.333. The zero-order valence-corrected chi connectivity index (χ0v) is 23.1. The second kappa shape index (κ2) is 13.4. The van der Waals surface area contributed by atoms with Crippen molar-refractivity contribution in [3.05, 3.63) is 83.4 Å². The first-order valence-electron chi connectivity index (χ1n) is 12.2.